The van der Waals surface area contributed by atoms with Gasteiger partial charge in [0.1, 0.15) is 11.6 Å². The number of hydrogen-bond donors (Lipinski definition) is 1. The van der Waals surface area contributed by atoms with Crippen LogP contribution in [0.5, 0.6) is 0 Å². The molecule has 0 atom stereocenters. The highest BCUT2D eigenvalue weighted by atomic mass is 16.4. The summed E-state index contributed by atoms with van der Waals surface area (Å²) in [6.45, 7) is 9.18. The van der Waals surface area contributed by atoms with Crippen LogP contribution in [0.3, 0.4) is 0 Å². The average Bonchev–Trinajstić information content (AvgIpc) is 2.87. The summed E-state index contributed by atoms with van der Waals surface area (Å²) < 4.78 is 0. The number of benzene rings is 3. The third-order valence-corrected chi connectivity index (χ3v) is 6.20. The largest absolute Gasteiger partial charge is 0.477 e. The molecule has 0 spiro atoms. The smallest absolute Gasteiger partial charge is 0.346 e. The van der Waals surface area contributed by atoms with Crippen molar-refractivity contribution in [2.75, 3.05) is 4.90 Å². The van der Waals surface area contributed by atoms with Crippen molar-refractivity contribution in [2.24, 2.45) is 11.8 Å². The second kappa shape index (κ2) is 13.3. The summed E-state index contributed by atoms with van der Waals surface area (Å²) in [6, 6.07) is 29.0. The standard InChI is InChI=1S/C33H36N2O2/c1-24(2)21-29(22-25(3)4)27-15-19-32(20-16-27)35(30-11-6-5-7-12-30)31-17-13-26(14-18-31)9-8-10-28(23-34)33(36)37/h5-20,24-25,29H,21-22H2,1-4H3,(H,36,37)/b9-8+,28-10+. The van der Waals surface area contributed by atoms with E-state index in [0.717, 1.165) is 22.6 Å². The van der Waals surface area contributed by atoms with Gasteiger partial charge in [0.25, 0.3) is 0 Å². The molecule has 0 saturated carbocycles. The van der Waals surface area contributed by atoms with Crippen molar-refractivity contribution in [3.05, 3.63) is 108 Å². The summed E-state index contributed by atoms with van der Waals surface area (Å²) in [5.41, 5.74) is 5.20. The zero-order chi connectivity index (χ0) is 26.8. The Morgan fingerprint density at radius 2 is 1.35 bits per heavy atom. The van der Waals surface area contributed by atoms with Gasteiger partial charge in [-0.15, -0.1) is 0 Å². The maximum atomic E-state index is 11.0. The lowest BCUT2D eigenvalue weighted by atomic mass is 9.84. The van der Waals surface area contributed by atoms with Gasteiger partial charge < -0.3 is 10.0 Å². The first kappa shape index (κ1) is 27.5. The number of rotatable bonds is 11. The second-order valence-electron chi connectivity index (χ2n) is 10.2. The van der Waals surface area contributed by atoms with Crippen LogP contribution in [-0.2, 0) is 4.79 Å². The van der Waals surface area contributed by atoms with E-state index in [1.54, 1.807) is 18.2 Å². The summed E-state index contributed by atoms with van der Waals surface area (Å²) in [4.78, 5) is 13.2. The minimum Gasteiger partial charge on any atom is -0.477 e. The molecule has 0 fully saturated rings. The number of allylic oxidation sites excluding steroid dienone is 2. The number of nitriles is 1. The Labute approximate surface area is 221 Å². The highest BCUT2D eigenvalue weighted by Gasteiger charge is 2.17. The molecule has 0 aromatic heterocycles. The van der Waals surface area contributed by atoms with Crippen LogP contribution in [-0.4, -0.2) is 11.1 Å². The van der Waals surface area contributed by atoms with Crippen LogP contribution >= 0.6 is 0 Å². The van der Waals surface area contributed by atoms with E-state index in [4.69, 9.17) is 10.4 Å². The number of carboxylic acids is 1. The zero-order valence-electron chi connectivity index (χ0n) is 22.1. The molecule has 190 valence electrons. The van der Waals surface area contributed by atoms with Crippen molar-refractivity contribution in [3.63, 3.8) is 0 Å². The third-order valence-electron chi connectivity index (χ3n) is 6.20. The maximum Gasteiger partial charge on any atom is 0.346 e. The van der Waals surface area contributed by atoms with Crippen LogP contribution in [0, 0.1) is 23.2 Å². The highest BCUT2D eigenvalue weighted by molar-refractivity contribution is 5.91. The predicted octanol–water partition coefficient (Wildman–Crippen LogP) is 8.88. The lowest BCUT2D eigenvalue weighted by Gasteiger charge is -2.27. The molecular weight excluding hydrogens is 456 g/mol. The summed E-state index contributed by atoms with van der Waals surface area (Å²) in [7, 11) is 0. The normalized spacial score (nSPS) is 11.9. The molecule has 0 amide bonds. The SMILES string of the molecule is CC(C)CC(CC(C)C)c1ccc(N(c2ccccc2)c2ccc(/C=C/C=C(\C#N)C(=O)O)cc2)cc1. The fourth-order valence-electron chi connectivity index (χ4n) is 4.57. The minimum absolute atomic E-state index is 0.296. The molecule has 0 aliphatic heterocycles. The first-order chi connectivity index (χ1) is 17.8. The Morgan fingerprint density at radius 3 is 1.84 bits per heavy atom. The zero-order valence-corrected chi connectivity index (χ0v) is 22.1. The van der Waals surface area contributed by atoms with Crippen molar-refractivity contribution in [1.82, 2.24) is 0 Å². The number of carboxylic acid groups (broad SMARTS) is 1. The van der Waals surface area contributed by atoms with Crippen molar-refractivity contribution in [2.45, 2.75) is 46.5 Å². The Bertz CT molecular complexity index is 1240. The fourth-order valence-corrected chi connectivity index (χ4v) is 4.57. The van der Waals surface area contributed by atoms with E-state index in [0.29, 0.717) is 17.8 Å². The Balaban J connectivity index is 1.91. The monoisotopic (exact) mass is 492 g/mol. The lowest BCUT2D eigenvalue weighted by molar-refractivity contribution is -0.132. The molecule has 0 heterocycles. The molecule has 37 heavy (non-hydrogen) atoms. The van der Waals surface area contributed by atoms with Gasteiger partial charge in [0.05, 0.1) is 0 Å². The molecule has 0 aliphatic carbocycles. The first-order valence-electron chi connectivity index (χ1n) is 12.9. The maximum absolute atomic E-state index is 11.0. The van der Waals surface area contributed by atoms with Gasteiger partial charge in [-0.3, -0.25) is 0 Å². The summed E-state index contributed by atoms with van der Waals surface area (Å²) in [5.74, 6) is 0.639. The van der Waals surface area contributed by atoms with Crippen LogP contribution < -0.4 is 4.90 Å². The molecule has 4 nitrogen and oxygen atoms in total. The van der Waals surface area contributed by atoms with Crippen LogP contribution in [0.25, 0.3) is 6.08 Å². The van der Waals surface area contributed by atoms with Crippen LogP contribution in [0.2, 0.25) is 0 Å². The second-order valence-corrected chi connectivity index (χ2v) is 10.2. The van der Waals surface area contributed by atoms with Gasteiger partial charge in [-0.2, -0.15) is 5.26 Å². The van der Waals surface area contributed by atoms with Gasteiger partial charge in [-0.25, -0.2) is 4.79 Å². The van der Waals surface area contributed by atoms with Crippen molar-refractivity contribution in [3.8, 4) is 6.07 Å². The molecule has 4 heteroatoms. The first-order valence-corrected chi connectivity index (χ1v) is 12.9. The summed E-state index contributed by atoms with van der Waals surface area (Å²) in [6.07, 6.45) is 7.05. The van der Waals surface area contributed by atoms with Gasteiger partial charge in [0, 0.05) is 17.1 Å². The minimum atomic E-state index is -1.23. The molecule has 3 rings (SSSR count). The van der Waals surface area contributed by atoms with Gasteiger partial charge in [0.2, 0.25) is 0 Å². The lowest BCUT2D eigenvalue weighted by Crippen LogP contribution is -2.11. The molecular formula is C33H36N2O2. The Hall–Kier alpha value is -4.10. The number of para-hydroxylation sites is 1. The quantitative estimate of drug-likeness (QED) is 0.165. The van der Waals surface area contributed by atoms with E-state index < -0.39 is 5.97 Å². The summed E-state index contributed by atoms with van der Waals surface area (Å²) >= 11 is 0. The molecule has 3 aromatic carbocycles. The Kier molecular flexibility index (Phi) is 9.86. The molecule has 0 aliphatic rings. The van der Waals surface area contributed by atoms with Crippen LogP contribution in [0.1, 0.15) is 57.6 Å². The van der Waals surface area contributed by atoms with Gasteiger partial charge in [-0.1, -0.05) is 82.3 Å². The van der Waals surface area contributed by atoms with Crippen molar-refractivity contribution >= 4 is 29.1 Å². The number of carbonyl (C=O) groups is 1. The molecule has 0 saturated heterocycles. The number of hydrogen-bond acceptors (Lipinski definition) is 3. The fraction of sp³-hybridized carbons (Fsp3) is 0.273. The van der Waals surface area contributed by atoms with E-state index in [1.165, 1.54) is 24.5 Å². The van der Waals surface area contributed by atoms with Crippen LogP contribution in [0.15, 0.2) is 96.6 Å². The predicted molar refractivity (Wildman–Crippen MR) is 153 cm³/mol. The van der Waals surface area contributed by atoms with Crippen molar-refractivity contribution in [1.29, 1.82) is 5.26 Å². The van der Waals surface area contributed by atoms with E-state index in [1.807, 2.05) is 42.5 Å². The van der Waals surface area contributed by atoms with E-state index in [9.17, 15) is 4.79 Å². The van der Waals surface area contributed by atoms with E-state index >= 15 is 0 Å². The molecule has 3 aromatic rings. The summed E-state index contributed by atoms with van der Waals surface area (Å²) in [5, 5.41) is 17.9. The molecule has 1 N–H and O–H groups in total. The molecule has 0 unspecified atom stereocenters. The van der Waals surface area contributed by atoms with Crippen LogP contribution in [0.4, 0.5) is 17.1 Å². The average molecular weight is 493 g/mol. The Morgan fingerprint density at radius 1 is 0.838 bits per heavy atom. The molecule has 0 bridgehead atoms. The third kappa shape index (κ3) is 7.95. The molecule has 0 radical (unpaired) electrons. The topological polar surface area (TPSA) is 64.3 Å². The van der Waals surface area contributed by atoms with Gasteiger partial charge in [0.15, 0.2) is 0 Å². The number of nitrogens with zero attached hydrogens (tertiary/aromatic N) is 2. The van der Waals surface area contributed by atoms with E-state index in [2.05, 4.69) is 69.0 Å². The van der Waals surface area contributed by atoms with Gasteiger partial charge in [-0.05, 0) is 84.2 Å². The van der Waals surface area contributed by atoms with Crippen molar-refractivity contribution < 1.29 is 9.90 Å². The highest BCUT2D eigenvalue weighted by Crippen LogP contribution is 2.37. The van der Waals surface area contributed by atoms with Gasteiger partial charge >= 0.3 is 5.97 Å². The van der Waals surface area contributed by atoms with E-state index in [-0.39, 0.29) is 5.57 Å². The number of aliphatic carboxylic acids is 1. The number of anilines is 3.